The third kappa shape index (κ3) is 2.12. The highest BCUT2D eigenvalue weighted by atomic mass is 16.1. The van der Waals surface area contributed by atoms with Crippen molar-refractivity contribution >= 4 is 17.4 Å². The Morgan fingerprint density at radius 1 is 1.32 bits per heavy atom. The Kier molecular flexibility index (Phi) is 2.83. The van der Waals surface area contributed by atoms with Gasteiger partial charge in [-0.1, -0.05) is 0 Å². The molecule has 19 heavy (non-hydrogen) atoms. The molecule has 0 saturated carbocycles. The molecule has 0 atom stereocenters. The van der Waals surface area contributed by atoms with Crippen LogP contribution in [0.3, 0.4) is 0 Å². The van der Waals surface area contributed by atoms with Gasteiger partial charge in [-0.2, -0.15) is 5.10 Å². The molecular formula is C12H16N6O. The summed E-state index contributed by atoms with van der Waals surface area (Å²) in [7, 11) is 2.11. The lowest BCUT2D eigenvalue weighted by Gasteiger charge is -2.33. The molecule has 1 fully saturated rings. The molecule has 3 rings (SSSR count). The maximum atomic E-state index is 11.3. The number of nitrogens with zero attached hydrogens (tertiary/aromatic N) is 5. The molecule has 100 valence electrons. The number of primary amides is 1. The minimum atomic E-state index is -0.502. The van der Waals surface area contributed by atoms with Crippen molar-refractivity contribution in [3.8, 4) is 0 Å². The molecule has 0 aliphatic carbocycles. The van der Waals surface area contributed by atoms with E-state index in [1.54, 1.807) is 4.52 Å². The van der Waals surface area contributed by atoms with E-state index in [9.17, 15) is 4.79 Å². The minimum absolute atomic E-state index is 0.357. The quantitative estimate of drug-likeness (QED) is 0.793. The number of amides is 1. The van der Waals surface area contributed by atoms with Gasteiger partial charge >= 0.3 is 0 Å². The van der Waals surface area contributed by atoms with Crippen LogP contribution in [0.15, 0.2) is 18.5 Å². The van der Waals surface area contributed by atoms with Crippen LogP contribution in [0, 0.1) is 0 Å². The van der Waals surface area contributed by atoms with Crippen molar-refractivity contribution < 1.29 is 4.79 Å². The topological polar surface area (TPSA) is 79.8 Å². The molecule has 2 N–H and O–H groups in total. The van der Waals surface area contributed by atoms with Gasteiger partial charge in [0.25, 0.3) is 5.91 Å². The zero-order valence-corrected chi connectivity index (χ0v) is 10.8. The van der Waals surface area contributed by atoms with Crippen molar-refractivity contribution in [2.45, 2.75) is 0 Å². The van der Waals surface area contributed by atoms with Crippen molar-refractivity contribution in [1.82, 2.24) is 19.5 Å². The van der Waals surface area contributed by atoms with E-state index in [-0.39, 0.29) is 0 Å². The number of likely N-dealkylation sites (N-methyl/N-ethyl adjacent to an activating group) is 1. The molecule has 1 aliphatic rings. The Bertz CT molecular complexity index is 614. The van der Waals surface area contributed by atoms with E-state index in [4.69, 9.17) is 5.73 Å². The first kappa shape index (κ1) is 11.9. The summed E-state index contributed by atoms with van der Waals surface area (Å²) in [5, 5.41) is 4.06. The number of carbonyl (C=O) groups excluding carboxylic acids is 1. The van der Waals surface area contributed by atoms with E-state index < -0.39 is 5.91 Å². The molecule has 2 aromatic rings. The number of rotatable bonds is 2. The minimum Gasteiger partial charge on any atom is -0.365 e. The van der Waals surface area contributed by atoms with Crippen LogP contribution in [0.4, 0.5) is 5.82 Å². The SMILES string of the molecule is CN1CCN(c2ccn3ncc(C(N)=O)c3n2)CC1. The van der Waals surface area contributed by atoms with Gasteiger partial charge in [-0.15, -0.1) is 0 Å². The standard InChI is InChI=1S/C12H16N6O/c1-16-4-6-17(7-5-16)10-2-3-18-12(15-10)9(8-14-18)11(13)19/h2-3,8H,4-7H2,1H3,(H2,13,19). The average Bonchev–Trinajstić information content (AvgIpc) is 2.82. The molecule has 0 radical (unpaired) electrons. The molecule has 1 amide bonds. The first-order chi connectivity index (χ1) is 9.15. The molecule has 1 saturated heterocycles. The summed E-state index contributed by atoms with van der Waals surface area (Å²) in [6.07, 6.45) is 3.26. The van der Waals surface area contributed by atoms with Crippen LogP contribution in [0.2, 0.25) is 0 Å². The highest BCUT2D eigenvalue weighted by Gasteiger charge is 2.17. The van der Waals surface area contributed by atoms with E-state index >= 15 is 0 Å². The molecule has 0 bridgehead atoms. The Morgan fingerprint density at radius 2 is 2.05 bits per heavy atom. The maximum Gasteiger partial charge on any atom is 0.254 e. The Balaban J connectivity index is 1.96. The molecule has 0 spiro atoms. The number of hydrogen-bond acceptors (Lipinski definition) is 5. The lowest BCUT2D eigenvalue weighted by atomic mass is 10.3. The molecule has 1 aliphatic heterocycles. The van der Waals surface area contributed by atoms with Gasteiger partial charge < -0.3 is 15.5 Å². The first-order valence-corrected chi connectivity index (χ1v) is 6.23. The zero-order valence-electron chi connectivity index (χ0n) is 10.8. The smallest absolute Gasteiger partial charge is 0.254 e. The highest BCUT2D eigenvalue weighted by molar-refractivity contribution is 5.98. The number of carbonyl (C=O) groups is 1. The summed E-state index contributed by atoms with van der Waals surface area (Å²) < 4.78 is 1.57. The fourth-order valence-corrected chi connectivity index (χ4v) is 2.24. The van der Waals surface area contributed by atoms with E-state index in [1.165, 1.54) is 6.20 Å². The summed E-state index contributed by atoms with van der Waals surface area (Å²) in [6.45, 7) is 3.88. The number of piperazine rings is 1. The van der Waals surface area contributed by atoms with E-state index in [0.717, 1.165) is 32.0 Å². The number of aromatic nitrogens is 3. The number of fused-ring (bicyclic) bond motifs is 1. The van der Waals surface area contributed by atoms with Crippen LogP contribution in [0.1, 0.15) is 10.4 Å². The third-order valence-corrected chi connectivity index (χ3v) is 3.45. The molecule has 0 aromatic carbocycles. The number of nitrogens with two attached hydrogens (primary N) is 1. The van der Waals surface area contributed by atoms with Gasteiger partial charge in [0.1, 0.15) is 11.4 Å². The molecular weight excluding hydrogens is 244 g/mol. The van der Waals surface area contributed by atoms with Crippen molar-refractivity contribution in [2.75, 3.05) is 38.1 Å². The molecule has 0 unspecified atom stereocenters. The van der Waals surface area contributed by atoms with E-state index in [0.29, 0.717) is 11.2 Å². The van der Waals surface area contributed by atoms with Gasteiger partial charge in [0.15, 0.2) is 5.65 Å². The van der Waals surface area contributed by atoms with Gasteiger partial charge in [-0.3, -0.25) is 4.79 Å². The zero-order chi connectivity index (χ0) is 13.4. The monoisotopic (exact) mass is 260 g/mol. The molecule has 7 heteroatoms. The van der Waals surface area contributed by atoms with Gasteiger partial charge in [0.2, 0.25) is 0 Å². The fraction of sp³-hybridized carbons (Fsp3) is 0.417. The summed E-state index contributed by atoms with van der Waals surface area (Å²) in [5.74, 6) is 0.363. The normalized spacial score (nSPS) is 17.0. The van der Waals surface area contributed by atoms with Crippen LogP contribution in [0.5, 0.6) is 0 Å². The van der Waals surface area contributed by atoms with Crippen LogP contribution in [-0.2, 0) is 0 Å². The third-order valence-electron chi connectivity index (χ3n) is 3.45. The summed E-state index contributed by atoms with van der Waals surface area (Å²) in [6, 6.07) is 1.91. The number of anilines is 1. The second-order valence-electron chi connectivity index (χ2n) is 4.77. The Labute approximate surface area is 110 Å². The van der Waals surface area contributed by atoms with Crippen LogP contribution in [-0.4, -0.2) is 58.6 Å². The average molecular weight is 260 g/mol. The Hall–Kier alpha value is -2.15. The summed E-state index contributed by atoms with van der Waals surface area (Å²) in [5.41, 5.74) is 6.19. The van der Waals surface area contributed by atoms with Crippen molar-refractivity contribution in [1.29, 1.82) is 0 Å². The van der Waals surface area contributed by atoms with Crippen LogP contribution >= 0.6 is 0 Å². The molecule has 2 aromatic heterocycles. The predicted molar refractivity (Wildman–Crippen MR) is 71.2 cm³/mol. The van der Waals surface area contributed by atoms with Gasteiger partial charge in [-0.05, 0) is 13.1 Å². The molecule has 7 nitrogen and oxygen atoms in total. The Morgan fingerprint density at radius 3 is 2.74 bits per heavy atom. The van der Waals surface area contributed by atoms with Crippen molar-refractivity contribution in [3.63, 3.8) is 0 Å². The molecule has 3 heterocycles. The van der Waals surface area contributed by atoms with Crippen molar-refractivity contribution in [3.05, 3.63) is 24.0 Å². The largest absolute Gasteiger partial charge is 0.365 e. The predicted octanol–water partition coefficient (Wildman–Crippen LogP) is -0.420. The van der Waals surface area contributed by atoms with Crippen LogP contribution < -0.4 is 10.6 Å². The lowest BCUT2D eigenvalue weighted by molar-refractivity contribution is 0.100. The fourth-order valence-electron chi connectivity index (χ4n) is 2.24. The lowest BCUT2D eigenvalue weighted by Crippen LogP contribution is -2.44. The van der Waals surface area contributed by atoms with Gasteiger partial charge in [-0.25, -0.2) is 9.50 Å². The second-order valence-corrected chi connectivity index (χ2v) is 4.77. The van der Waals surface area contributed by atoms with E-state index in [2.05, 4.69) is 26.9 Å². The second kappa shape index (κ2) is 4.51. The highest BCUT2D eigenvalue weighted by Crippen LogP contribution is 2.16. The van der Waals surface area contributed by atoms with Gasteiger partial charge in [0, 0.05) is 32.4 Å². The van der Waals surface area contributed by atoms with Crippen molar-refractivity contribution in [2.24, 2.45) is 5.73 Å². The number of hydrogen-bond donors (Lipinski definition) is 1. The maximum absolute atomic E-state index is 11.3. The first-order valence-electron chi connectivity index (χ1n) is 6.23. The van der Waals surface area contributed by atoms with Gasteiger partial charge in [0.05, 0.1) is 6.20 Å². The summed E-state index contributed by atoms with van der Waals surface area (Å²) >= 11 is 0. The summed E-state index contributed by atoms with van der Waals surface area (Å²) in [4.78, 5) is 20.3. The van der Waals surface area contributed by atoms with E-state index in [1.807, 2.05) is 12.3 Å². The van der Waals surface area contributed by atoms with Crippen LogP contribution in [0.25, 0.3) is 5.65 Å².